The van der Waals surface area contributed by atoms with Crippen LogP contribution < -0.4 is 5.32 Å². The van der Waals surface area contributed by atoms with Gasteiger partial charge < -0.3 is 10.4 Å². The number of nitrogens with one attached hydrogen (secondary N) is 1. The summed E-state index contributed by atoms with van der Waals surface area (Å²) in [4.78, 5) is 17.4. The third-order valence-electron chi connectivity index (χ3n) is 2.39. The first-order chi connectivity index (χ1) is 9.75. The highest BCUT2D eigenvalue weighted by Gasteiger charge is 2.33. The Hall–Kier alpha value is -2.35. The molecule has 21 heavy (non-hydrogen) atoms. The van der Waals surface area contributed by atoms with E-state index in [1.165, 1.54) is 24.3 Å². The van der Waals surface area contributed by atoms with Gasteiger partial charge in [0.1, 0.15) is 5.82 Å². The Morgan fingerprint density at radius 2 is 1.81 bits per heavy atom. The number of anilines is 2. The molecule has 9 heteroatoms. The van der Waals surface area contributed by atoms with Crippen LogP contribution in [0.3, 0.4) is 0 Å². The summed E-state index contributed by atoms with van der Waals surface area (Å²) in [5.74, 6) is -1.25. The standard InChI is InChI=1S/C12H7ClF3N3O2/c13-11-18-8(12(14,15)16)5-9(19-11)17-7-3-1-6(2-4-7)10(20)21/h1-5H,(H,20,21)(H,17,18,19). The van der Waals surface area contributed by atoms with Crippen LogP contribution in [0, 0.1) is 0 Å². The number of benzene rings is 1. The molecule has 2 N–H and O–H groups in total. The van der Waals surface area contributed by atoms with Gasteiger partial charge in [-0.3, -0.25) is 0 Å². The number of carboxylic acids is 1. The molecule has 0 aliphatic heterocycles. The summed E-state index contributed by atoms with van der Waals surface area (Å²) in [6.45, 7) is 0. The summed E-state index contributed by atoms with van der Waals surface area (Å²) >= 11 is 5.45. The highest BCUT2D eigenvalue weighted by atomic mass is 35.5. The van der Waals surface area contributed by atoms with E-state index >= 15 is 0 Å². The molecule has 0 radical (unpaired) electrons. The van der Waals surface area contributed by atoms with Crippen LogP contribution in [0.1, 0.15) is 16.1 Å². The van der Waals surface area contributed by atoms with E-state index in [-0.39, 0.29) is 11.4 Å². The first-order valence-corrected chi connectivity index (χ1v) is 5.85. The molecule has 5 nitrogen and oxygen atoms in total. The van der Waals surface area contributed by atoms with Crippen molar-refractivity contribution < 1.29 is 23.1 Å². The number of carboxylic acid groups (broad SMARTS) is 1. The quantitative estimate of drug-likeness (QED) is 0.846. The van der Waals surface area contributed by atoms with E-state index in [2.05, 4.69) is 15.3 Å². The minimum absolute atomic E-state index is 0.0530. The molecule has 0 saturated heterocycles. The van der Waals surface area contributed by atoms with Gasteiger partial charge in [0.05, 0.1) is 5.56 Å². The van der Waals surface area contributed by atoms with Gasteiger partial charge in [0.2, 0.25) is 5.28 Å². The Labute approximate surface area is 121 Å². The van der Waals surface area contributed by atoms with Gasteiger partial charge in [-0.15, -0.1) is 0 Å². The van der Waals surface area contributed by atoms with E-state index < -0.39 is 23.1 Å². The second kappa shape index (κ2) is 5.57. The Balaban J connectivity index is 2.27. The van der Waals surface area contributed by atoms with Crippen molar-refractivity contribution in [1.29, 1.82) is 0 Å². The Kier molecular flexibility index (Phi) is 3.99. The van der Waals surface area contributed by atoms with Crippen LogP contribution in [-0.2, 0) is 6.18 Å². The number of carbonyl (C=O) groups is 1. The Bertz CT molecular complexity index is 674. The fourth-order valence-electron chi connectivity index (χ4n) is 1.47. The largest absolute Gasteiger partial charge is 0.478 e. The summed E-state index contributed by atoms with van der Waals surface area (Å²) in [7, 11) is 0. The Morgan fingerprint density at radius 1 is 1.19 bits per heavy atom. The molecule has 0 atom stereocenters. The van der Waals surface area contributed by atoms with Crippen molar-refractivity contribution in [1.82, 2.24) is 9.97 Å². The molecule has 2 rings (SSSR count). The van der Waals surface area contributed by atoms with E-state index in [0.717, 1.165) is 0 Å². The zero-order valence-electron chi connectivity index (χ0n) is 10.1. The van der Waals surface area contributed by atoms with Crippen LogP contribution in [0.4, 0.5) is 24.7 Å². The molecule has 1 aromatic heterocycles. The van der Waals surface area contributed by atoms with E-state index in [4.69, 9.17) is 16.7 Å². The number of aromatic nitrogens is 2. The maximum Gasteiger partial charge on any atom is 0.433 e. The number of aromatic carboxylic acids is 1. The molecule has 1 aromatic carbocycles. The van der Waals surface area contributed by atoms with Crippen molar-refractivity contribution in [3.05, 3.63) is 46.9 Å². The topological polar surface area (TPSA) is 75.1 Å². The lowest BCUT2D eigenvalue weighted by Crippen LogP contribution is -2.10. The van der Waals surface area contributed by atoms with Crippen molar-refractivity contribution in [3.63, 3.8) is 0 Å². The molecular weight excluding hydrogens is 311 g/mol. The zero-order chi connectivity index (χ0) is 15.6. The second-order valence-electron chi connectivity index (χ2n) is 3.91. The second-order valence-corrected chi connectivity index (χ2v) is 4.25. The smallest absolute Gasteiger partial charge is 0.433 e. The summed E-state index contributed by atoms with van der Waals surface area (Å²) in [6, 6.07) is 6.10. The average Bonchev–Trinajstić information content (AvgIpc) is 2.37. The fraction of sp³-hybridized carbons (Fsp3) is 0.0833. The number of hydrogen-bond donors (Lipinski definition) is 2. The van der Waals surface area contributed by atoms with Crippen molar-refractivity contribution >= 4 is 29.1 Å². The zero-order valence-corrected chi connectivity index (χ0v) is 10.9. The van der Waals surface area contributed by atoms with Gasteiger partial charge in [-0.25, -0.2) is 14.8 Å². The molecular formula is C12H7ClF3N3O2. The van der Waals surface area contributed by atoms with E-state index in [9.17, 15) is 18.0 Å². The van der Waals surface area contributed by atoms with Crippen molar-refractivity contribution in [3.8, 4) is 0 Å². The summed E-state index contributed by atoms with van der Waals surface area (Å²) in [5.41, 5.74) is -0.757. The number of hydrogen-bond acceptors (Lipinski definition) is 4. The summed E-state index contributed by atoms with van der Waals surface area (Å²) < 4.78 is 37.8. The van der Waals surface area contributed by atoms with Gasteiger partial charge in [0, 0.05) is 11.8 Å². The molecule has 0 bridgehead atoms. The van der Waals surface area contributed by atoms with Gasteiger partial charge in [-0.05, 0) is 35.9 Å². The molecule has 0 aliphatic carbocycles. The number of nitrogens with zero attached hydrogens (tertiary/aromatic N) is 2. The highest BCUT2D eigenvalue weighted by molar-refractivity contribution is 6.28. The molecule has 1 heterocycles. The van der Waals surface area contributed by atoms with Crippen LogP contribution in [0.15, 0.2) is 30.3 Å². The first-order valence-electron chi connectivity index (χ1n) is 5.48. The number of alkyl halides is 3. The first kappa shape index (κ1) is 15.0. The molecule has 0 saturated carbocycles. The molecule has 2 aromatic rings. The number of rotatable bonds is 3. The van der Waals surface area contributed by atoms with Gasteiger partial charge in [0.25, 0.3) is 0 Å². The van der Waals surface area contributed by atoms with Crippen LogP contribution in [0.5, 0.6) is 0 Å². The molecule has 110 valence electrons. The van der Waals surface area contributed by atoms with Crippen LogP contribution in [-0.4, -0.2) is 21.0 Å². The van der Waals surface area contributed by atoms with Crippen molar-refractivity contribution in [2.45, 2.75) is 6.18 Å². The van der Waals surface area contributed by atoms with Gasteiger partial charge >= 0.3 is 12.1 Å². The molecule has 0 amide bonds. The molecule has 0 fully saturated rings. The summed E-state index contributed by atoms with van der Waals surface area (Å²) in [6.07, 6.45) is -4.64. The lowest BCUT2D eigenvalue weighted by molar-refractivity contribution is -0.141. The summed E-state index contributed by atoms with van der Waals surface area (Å²) in [5, 5.41) is 10.8. The van der Waals surface area contributed by atoms with E-state index in [0.29, 0.717) is 11.8 Å². The van der Waals surface area contributed by atoms with Gasteiger partial charge in [0.15, 0.2) is 5.69 Å². The maximum absolute atomic E-state index is 12.6. The van der Waals surface area contributed by atoms with E-state index in [1.807, 2.05) is 0 Å². The highest BCUT2D eigenvalue weighted by Crippen LogP contribution is 2.30. The molecule has 0 aliphatic rings. The monoisotopic (exact) mass is 317 g/mol. The maximum atomic E-state index is 12.6. The normalized spacial score (nSPS) is 11.2. The van der Waals surface area contributed by atoms with Crippen LogP contribution in [0.2, 0.25) is 5.28 Å². The van der Waals surface area contributed by atoms with Crippen LogP contribution >= 0.6 is 11.6 Å². The predicted molar refractivity (Wildman–Crippen MR) is 68.7 cm³/mol. The lowest BCUT2D eigenvalue weighted by Gasteiger charge is -2.10. The SMILES string of the molecule is O=C(O)c1ccc(Nc2cc(C(F)(F)F)nc(Cl)n2)cc1. The van der Waals surface area contributed by atoms with Gasteiger partial charge in [-0.1, -0.05) is 0 Å². The fourth-order valence-corrected chi connectivity index (χ4v) is 1.65. The predicted octanol–water partition coefficient (Wildman–Crippen LogP) is 3.59. The number of halogens is 4. The lowest BCUT2D eigenvalue weighted by atomic mass is 10.2. The minimum atomic E-state index is -4.64. The van der Waals surface area contributed by atoms with Crippen molar-refractivity contribution in [2.75, 3.05) is 5.32 Å². The molecule has 0 spiro atoms. The van der Waals surface area contributed by atoms with Gasteiger partial charge in [-0.2, -0.15) is 13.2 Å². The van der Waals surface area contributed by atoms with Crippen LogP contribution in [0.25, 0.3) is 0 Å². The average molecular weight is 318 g/mol. The Morgan fingerprint density at radius 3 is 2.33 bits per heavy atom. The minimum Gasteiger partial charge on any atom is -0.478 e. The third kappa shape index (κ3) is 3.82. The van der Waals surface area contributed by atoms with Crippen molar-refractivity contribution in [2.24, 2.45) is 0 Å². The molecule has 0 unspecified atom stereocenters. The third-order valence-corrected chi connectivity index (χ3v) is 2.56. The van der Waals surface area contributed by atoms with E-state index in [1.54, 1.807) is 0 Å².